The Hall–Kier alpha value is -1.85. The van der Waals surface area contributed by atoms with E-state index in [9.17, 15) is 18.0 Å². The van der Waals surface area contributed by atoms with Gasteiger partial charge in [-0.3, -0.25) is 4.79 Å². The minimum Gasteiger partial charge on any atom is -0.272 e. The van der Waals surface area contributed by atoms with Crippen molar-refractivity contribution in [2.75, 3.05) is 5.01 Å². The first kappa shape index (κ1) is 11.6. The van der Waals surface area contributed by atoms with Crippen LogP contribution in [0.25, 0.3) is 0 Å². The number of carbonyl (C=O) groups excluding carboxylic acids is 1. The molecule has 0 aliphatic carbocycles. The minimum absolute atomic E-state index is 0.102. The van der Waals surface area contributed by atoms with Crippen LogP contribution in [0.3, 0.4) is 0 Å². The first-order chi connectivity index (χ1) is 8.02. The fourth-order valence-electron chi connectivity index (χ4n) is 1.54. The molecule has 0 unspecified atom stereocenters. The molecular weight excluding hydrogens is 233 g/mol. The molecule has 3 nitrogen and oxygen atoms in total. The fraction of sp³-hybridized carbons (Fsp3) is 0.273. The Morgan fingerprint density at radius 3 is 2.35 bits per heavy atom. The number of carbonyl (C=O) groups is 1. The molecule has 1 aromatic carbocycles. The van der Waals surface area contributed by atoms with Crippen molar-refractivity contribution in [3.63, 3.8) is 0 Å². The monoisotopic (exact) mass is 242 g/mol. The second-order valence-corrected chi connectivity index (χ2v) is 3.63. The molecule has 0 spiro atoms. The molecule has 1 aliphatic heterocycles. The maximum Gasteiger partial charge on any atom is 0.253 e. The molecule has 0 aromatic heterocycles. The van der Waals surface area contributed by atoms with Crippen LogP contribution in [-0.4, -0.2) is 11.6 Å². The van der Waals surface area contributed by atoms with Crippen molar-refractivity contribution in [3.8, 4) is 0 Å². The molecule has 1 heterocycles. The lowest BCUT2D eigenvalue weighted by Crippen LogP contribution is -2.20. The average Bonchev–Trinajstić information content (AvgIpc) is 2.67. The Balaban J connectivity index is 2.41. The lowest BCUT2D eigenvalue weighted by molar-refractivity contribution is -0.116. The Morgan fingerprint density at radius 2 is 1.88 bits per heavy atom. The molecule has 0 atom stereocenters. The second kappa shape index (κ2) is 4.20. The molecule has 0 saturated heterocycles. The predicted octanol–water partition coefficient (Wildman–Crippen LogP) is 2.61. The topological polar surface area (TPSA) is 32.7 Å². The van der Waals surface area contributed by atoms with Gasteiger partial charge >= 0.3 is 0 Å². The molecule has 90 valence electrons. The molecule has 0 fully saturated rings. The van der Waals surface area contributed by atoms with E-state index in [0.717, 1.165) is 17.1 Å². The zero-order chi connectivity index (χ0) is 12.6. The van der Waals surface area contributed by atoms with Gasteiger partial charge in [-0.05, 0) is 6.42 Å². The summed E-state index contributed by atoms with van der Waals surface area (Å²) in [5.74, 6) is -4.62. The van der Waals surface area contributed by atoms with Gasteiger partial charge in [0.1, 0.15) is 0 Å². The van der Waals surface area contributed by atoms with Crippen molar-refractivity contribution in [2.24, 2.45) is 5.10 Å². The molecule has 0 bridgehead atoms. The third kappa shape index (κ3) is 2.02. The van der Waals surface area contributed by atoms with E-state index in [1.54, 1.807) is 0 Å². The fourth-order valence-corrected chi connectivity index (χ4v) is 1.54. The van der Waals surface area contributed by atoms with Gasteiger partial charge in [-0.15, -0.1) is 0 Å². The highest BCUT2D eigenvalue weighted by Gasteiger charge is 2.26. The minimum atomic E-state index is -1.56. The summed E-state index contributed by atoms with van der Waals surface area (Å²) in [7, 11) is 0. The highest BCUT2D eigenvalue weighted by molar-refractivity contribution is 6.12. The van der Waals surface area contributed by atoms with E-state index in [4.69, 9.17) is 0 Å². The van der Waals surface area contributed by atoms with Crippen LogP contribution in [0.15, 0.2) is 17.2 Å². The molecule has 0 saturated carbocycles. The largest absolute Gasteiger partial charge is 0.272 e. The van der Waals surface area contributed by atoms with E-state index in [1.807, 2.05) is 6.92 Å². The van der Waals surface area contributed by atoms with Gasteiger partial charge in [-0.25, -0.2) is 18.2 Å². The van der Waals surface area contributed by atoms with Crippen molar-refractivity contribution in [3.05, 3.63) is 29.6 Å². The van der Waals surface area contributed by atoms with Crippen LogP contribution in [0.2, 0.25) is 0 Å². The number of amides is 1. The third-order valence-electron chi connectivity index (χ3n) is 2.45. The van der Waals surface area contributed by atoms with Gasteiger partial charge in [-0.2, -0.15) is 5.10 Å². The van der Waals surface area contributed by atoms with Crippen molar-refractivity contribution in [1.29, 1.82) is 0 Å². The summed E-state index contributed by atoms with van der Waals surface area (Å²) in [6, 6.07) is 1.50. The summed E-state index contributed by atoms with van der Waals surface area (Å²) in [6.07, 6.45) is 0.700. The number of anilines is 1. The maximum absolute atomic E-state index is 13.0. The number of halogens is 3. The van der Waals surface area contributed by atoms with Gasteiger partial charge in [0, 0.05) is 17.8 Å². The first-order valence-corrected chi connectivity index (χ1v) is 5.06. The van der Waals surface area contributed by atoms with Gasteiger partial charge in [0.15, 0.2) is 17.5 Å². The normalized spacial score (nSPS) is 15.4. The molecular formula is C11H9F3N2O. The van der Waals surface area contributed by atoms with E-state index >= 15 is 0 Å². The quantitative estimate of drug-likeness (QED) is 0.734. The van der Waals surface area contributed by atoms with Crippen LogP contribution in [0.1, 0.15) is 19.8 Å². The summed E-state index contributed by atoms with van der Waals surface area (Å²) in [6.45, 7) is 1.82. The Morgan fingerprint density at radius 1 is 1.29 bits per heavy atom. The van der Waals surface area contributed by atoms with E-state index < -0.39 is 17.5 Å². The number of hydrogen-bond acceptors (Lipinski definition) is 2. The number of hydrazone groups is 1. The maximum atomic E-state index is 13.0. The highest BCUT2D eigenvalue weighted by atomic mass is 19.2. The van der Waals surface area contributed by atoms with Gasteiger partial charge in [0.05, 0.1) is 12.1 Å². The molecule has 17 heavy (non-hydrogen) atoms. The number of hydrogen-bond donors (Lipinski definition) is 0. The van der Waals surface area contributed by atoms with Crippen molar-refractivity contribution >= 4 is 17.3 Å². The molecule has 1 aromatic rings. The molecule has 6 heteroatoms. The van der Waals surface area contributed by atoms with Gasteiger partial charge in [0.2, 0.25) is 0 Å². The van der Waals surface area contributed by atoms with Gasteiger partial charge in [0.25, 0.3) is 5.91 Å². The van der Waals surface area contributed by atoms with Crippen LogP contribution < -0.4 is 5.01 Å². The van der Waals surface area contributed by atoms with E-state index in [-0.39, 0.29) is 18.0 Å². The molecule has 1 aliphatic rings. The lowest BCUT2D eigenvalue weighted by Gasteiger charge is -2.12. The number of rotatable bonds is 2. The van der Waals surface area contributed by atoms with Crippen LogP contribution in [0.5, 0.6) is 0 Å². The molecule has 0 N–H and O–H groups in total. The number of benzene rings is 1. The van der Waals surface area contributed by atoms with Gasteiger partial charge < -0.3 is 0 Å². The zero-order valence-corrected chi connectivity index (χ0v) is 9.01. The summed E-state index contributed by atoms with van der Waals surface area (Å²) in [5.41, 5.74) is 0.523. The average molecular weight is 242 g/mol. The van der Waals surface area contributed by atoms with Crippen LogP contribution in [0.4, 0.5) is 18.9 Å². The van der Waals surface area contributed by atoms with E-state index in [1.165, 1.54) is 0 Å². The molecule has 2 rings (SSSR count). The Kier molecular flexibility index (Phi) is 2.87. The summed E-state index contributed by atoms with van der Waals surface area (Å²) >= 11 is 0. The molecule has 0 radical (unpaired) electrons. The zero-order valence-electron chi connectivity index (χ0n) is 9.01. The van der Waals surface area contributed by atoms with E-state index in [2.05, 4.69) is 5.10 Å². The van der Waals surface area contributed by atoms with Crippen molar-refractivity contribution < 1.29 is 18.0 Å². The Labute approximate surface area is 95.5 Å². The number of nitrogens with zero attached hydrogens (tertiary/aromatic N) is 2. The summed E-state index contributed by atoms with van der Waals surface area (Å²) in [5, 5.41) is 4.81. The van der Waals surface area contributed by atoms with Gasteiger partial charge in [-0.1, -0.05) is 6.92 Å². The smallest absolute Gasteiger partial charge is 0.253 e. The summed E-state index contributed by atoms with van der Waals surface area (Å²) < 4.78 is 38.7. The van der Waals surface area contributed by atoms with Crippen LogP contribution in [0, 0.1) is 17.5 Å². The summed E-state index contributed by atoms with van der Waals surface area (Å²) in [4.78, 5) is 11.5. The van der Waals surface area contributed by atoms with Crippen LogP contribution in [-0.2, 0) is 4.79 Å². The third-order valence-corrected chi connectivity index (χ3v) is 2.45. The highest BCUT2D eigenvalue weighted by Crippen LogP contribution is 2.25. The SMILES string of the molecule is CCC1=NN(c2cc(F)c(F)c(F)c2)C(=O)C1. The van der Waals surface area contributed by atoms with Crippen molar-refractivity contribution in [1.82, 2.24) is 0 Å². The van der Waals surface area contributed by atoms with Crippen LogP contribution >= 0.6 is 0 Å². The molecule has 1 amide bonds. The van der Waals surface area contributed by atoms with Crippen molar-refractivity contribution in [2.45, 2.75) is 19.8 Å². The van der Waals surface area contributed by atoms with E-state index in [0.29, 0.717) is 12.1 Å². The standard InChI is InChI=1S/C11H9F3N2O/c1-2-6-3-10(17)16(15-6)7-4-8(12)11(14)9(13)5-7/h4-5H,2-3H2,1H3. The predicted molar refractivity (Wildman–Crippen MR) is 56.1 cm³/mol. The lowest BCUT2D eigenvalue weighted by atomic mass is 10.2. The second-order valence-electron chi connectivity index (χ2n) is 3.63. The first-order valence-electron chi connectivity index (χ1n) is 5.06. The Bertz CT molecular complexity index is 490.